The largest absolute Gasteiger partial charge is 0.466 e. The second kappa shape index (κ2) is 7.78. The molecule has 1 fully saturated rings. The fourth-order valence-corrected chi connectivity index (χ4v) is 2.68. The van der Waals surface area contributed by atoms with E-state index in [1.54, 1.807) is 17.9 Å². The van der Waals surface area contributed by atoms with E-state index in [1.165, 1.54) is 0 Å². The molecule has 0 aromatic heterocycles. The van der Waals surface area contributed by atoms with E-state index in [-0.39, 0.29) is 17.8 Å². The smallest absolute Gasteiger partial charge is 0.310 e. The van der Waals surface area contributed by atoms with Crippen molar-refractivity contribution in [3.05, 3.63) is 41.5 Å². The second-order valence-corrected chi connectivity index (χ2v) is 5.62. The summed E-state index contributed by atoms with van der Waals surface area (Å²) in [7, 11) is 0. The number of amides is 1. The number of hydrogen-bond acceptors (Lipinski definition) is 3. The van der Waals surface area contributed by atoms with Crippen molar-refractivity contribution in [2.75, 3.05) is 19.7 Å². The quantitative estimate of drug-likeness (QED) is 0.634. The van der Waals surface area contributed by atoms with Gasteiger partial charge < -0.3 is 9.64 Å². The number of hydrogen-bond donors (Lipinski definition) is 0. The summed E-state index contributed by atoms with van der Waals surface area (Å²) in [4.78, 5) is 25.8. The first-order chi connectivity index (χ1) is 10.6. The lowest BCUT2D eigenvalue weighted by atomic mass is 9.98. The average molecular weight is 301 g/mol. The maximum Gasteiger partial charge on any atom is 0.310 e. The zero-order valence-electron chi connectivity index (χ0n) is 13.2. The number of esters is 1. The minimum Gasteiger partial charge on any atom is -0.466 e. The van der Waals surface area contributed by atoms with Gasteiger partial charge in [0.1, 0.15) is 0 Å². The summed E-state index contributed by atoms with van der Waals surface area (Å²) in [5, 5.41) is 0. The van der Waals surface area contributed by atoms with Crippen molar-refractivity contribution in [1.82, 2.24) is 4.90 Å². The second-order valence-electron chi connectivity index (χ2n) is 5.62. The van der Waals surface area contributed by atoms with Crippen LogP contribution in [0.4, 0.5) is 0 Å². The fraction of sp³-hybridized carbons (Fsp3) is 0.444. The Balaban J connectivity index is 1.95. The van der Waals surface area contributed by atoms with E-state index in [9.17, 15) is 9.59 Å². The van der Waals surface area contributed by atoms with Crippen LogP contribution in [-0.2, 0) is 14.3 Å². The van der Waals surface area contributed by atoms with Gasteiger partial charge in [0, 0.05) is 19.2 Å². The number of likely N-dealkylation sites (tertiary alicyclic amines) is 1. The van der Waals surface area contributed by atoms with Crippen LogP contribution in [0, 0.1) is 12.8 Å². The predicted molar refractivity (Wildman–Crippen MR) is 86.2 cm³/mol. The Bertz CT molecular complexity index is 565. The molecule has 118 valence electrons. The first kappa shape index (κ1) is 16.3. The van der Waals surface area contributed by atoms with Gasteiger partial charge in [-0.2, -0.15) is 0 Å². The molecule has 1 saturated heterocycles. The molecular weight excluding hydrogens is 278 g/mol. The Morgan fingerprint density at radius 3 is 2.95 bits per heavy atom. The number of ether oxygens (including phenoxy) is 1. The van der Waals surface area contributed by atoms with Crippen molar-refractivity contribution >= 4 is 18.0 Å². The van der Waals surface area contributed by atoms with E-state index < -0.39 is 0 Å². The molecule has 1 atom stereocenters. The van der Waals surface area contributed by atoms with Gasteiger partial charge in [-0.05, 0) is 38.3 Å². The van der Waals surface area contributed by atoms with E-state index in [0.717, 1.165) is 24.0 Å². The van der Waals surface area contributed by atoms with Crippen LogP contribution in [0.5, 0.6) is 0 Å². The van der Waals surface area contributed by atoms with Crippen LogP contribution < -0.4 is 0 Å². The van der Waals surface area contributed by atoms with Gasteiger partial charge in [0.25, 0.3) is 0 Å². The van der Waals surface area contributed by atoms with Crippen molar-refractivity contribution in [3.8, 4) is 0 Å². The van der Waals surface area contributed by atoms with Gasteiger partial charge in [-0.15, -0.1) is 0 Å². The molecule has 1 aromatic carbocycles. The molecule has 0 bridgehead atoms. The normalized spacial score (nSPS) is 18.5. The topological polar surface area (TPSA) is 46.6 Å². The SMILES string of the molecule is CCOC(=O)C1CCCN(C(=O)/C=C/c2cccc(C)c2)C1. The minimum atomic E-state index is -0.192. The lowest BCUT2D eigenvalue weighted by molar-refractivity contribution is -0.150. The lowest BCUT2D eigenvalue weighted by Crippen LogP contribution is -2.42. The fourth-order valence-electron chi connectivity index (χ4n) is 2.68. The number of benzene rings is 1. The molecule has 0 saturated carbocycles. The highest BCUT2D eigenvalue weighted by molar-refractivity contribution is 5.92. The highest BCUT2D eigenvalue weighted by atomic mass is 16.5. The van der Waals surface area contributed by atoms with Gasteiger partial charge in [0.05, 0.1) is 12.5 Å². The molecule has 0 spiro atoms. The van der Waals surface area contributed by atoms with Crippen LogP contribution in [0.25, 0.3) is 6.08 Å². The van der Waals surface area contributed by atoms with Gasteiger partial charge in [-0.1, -0.05) is 29.8 Å². The predicted octanol–water partition coefficient (Wildman–Crippen LogP) is 2.81. The Kier molecular flexibility index (Phi) is 5.75. The molecule has 1 unspecified atom stereocenters. The molecule has 0 aliphatic carbocycles. The van der Waals surface area contributed by atoms with Crippen LogP contribution >= 0.6 is 0 Å². The summed E-state index contributed by atoms with van der Waals surface area (Å²) in [6.45, 7) is 5.36. The van der Waals surface area contributed by atoms with Crippen molar-refractivity contribution in [2.45, 2.75) is 26.7 Å². The maximum absolute atomic E-state index is 12.3. The first-order valence-electron chi connectivity index (χ1n) is 7.80. The highest BCUT2D eigenvalue weighted by Crippen LogP contribution is 2.18. The Morgan fingerprint density at radius 2 is 2.23 bits per heavy atom. The molecular formula is C18H23NO3. The number of piperidine rings is 1. The Morgan fingerprint density at radius 1 is 1.41 bits per heavy atom. The Hall–Kier alpha value is -2.10. The molecule has 1 aromatic rings. The van der Waals surface area contributed by atoms with Crippen molar-refractivity contribution in [1.29, 1.82) is 0 Å². The van der Waals surface area contributed by atoms with Crippen LogP contribution in [0.2, 0.25) is 0 Å². The van der Waals surface area contributed by atoms with Crippen LogP contribution in [-0.4, -0.2) is 36.5 Å². The molecule has 2 rings (SSSR count). The molecule has 0 N–H and O–H groups in total. The third-order valence-corrected chi connectivity index (χ3v) is 3.81. The maximum atomic E-state index is 12.3. The standard InChI is InChI=1S/C18H23NO3/c1-3-22-18(21)16-8-5-11-19(13-16)17(20)10-9-15-7-4-6-14(2)12-15/h4,6-7,9-10,12,16H,3,5,8,11,13H2,1-2H3/b10-9+. The molecule has 1 aliphatic heterocycles. The van der Waals surface area contributed by atoms with Crippen molar-refractivity contribution < 1.29 is 14.3 Å². The van der Waals surface area contributed by atoms with E-state index in [0.29, 0.717) is 19.7 Å². The molecule has 0 radical (unpaired) electrons. The molecule has 4 nitrogen and oxygen atoms in total. The summed E-state index contributed by atoms with van der Waals surface area (Å²) < 4.78 is 5.06. The highest BCUT2D eigenvalue weighted by Gasteiger charge is 2.28. The minimum absolute atomic E-state index is 0.0458. The third-order valence-electron chi connectivity index (χ3n) is 3.81. The van der Waals surface area contributed by atoms with Gasteiger partial charge >= 0.3 is 5.97 Å². The summed E-state index contributed by atoms with van der Waals surface area (Å²) in [5.41, 5.74) is 2.17. The number of nitrogens with zero attached hydrogens (tertiary/aromatic N) is 1. The number of rotatable bonds is 4. The monoisotopic (exact) mass is 301 g/mol. The van der Waals surface area contributed by atoms with Gasteiger partial charge in [0.15, 0.2) is 0 Å². The van der Waals surface area contributed by atoms with E-state index in [1.807, 2.05) is 37.3 Å². The zero-order chi connectivity index (χ0) is 15.9. The summed E-state index contributed by atoms with van der Waals surface area (Å²) in [5.74, 6) is -0.428. The number of carbonyl (C=O) groups excluding carboxylic acids is 2. The van der Waals surface area contributed by atoms with Crippen LogP contribution in [0.3, 0.4) is 0 Å². The molecule has 4 heteroatoms. The zero-order valence-corrected chi connectivity index (χ0v) is 13.2. The molecule has 22 heavy (non-hydrogen) atoms. The number of aryl methyl sites for hydroxylation is 1. The van der Waals surface area contributed by atoms with Gasteiger partial charge in [0.2, 0.25) is 5.91 Å². The Labute approximate surface area is 131 Å². The van der Waals surface area contributed by atoms with E-state index in [2.05, 4.69) is 0 Å². The van der Waals surface area contributed by atoms with E-state index in [4.69, 9.17) is 4.74 Å². The van der Waals surface area contributed by atoms with Crippen LogP contribution in [0.15, 0.2) is 30.3 Å². The van der Waals surface area contributed by atoms with Crippen LogP contribution in [0.1, 0.15) is 30.9 Å². The molecule has 1 aliphatic rings. The average Bonchev–Trinajstić information content (AvgIpc) is 2.53. The molecule has 1 amide bonds. The summed E-state index contributed by atoms with van der Waals surface area (Å²) in [6.07, 6.45) is 5.04. The van der Waals surface area contributed by atoms with E-state index >= 15 is 0 Å². The van der Waals surface area contributed by atoms with Crippen molar-refractivity contribution in [2.24, 2.45) is 5.92 Å². The van der Waals surface area contributed by atoms with Gasteiger partial charge in [-0.3, -0.25) is 9.59 Å². The summed E-state index contributed by atoms with van der Waals surface area (Å²) in [6, 6.07) is 7.99. The molecule has 1 heterocycles. The third kappa shape index (κ3) is 4.45. The number of carbonyl (C=O) groups is 2. The first-order valence-corrected chi connectivity index (χ1v) is 7.80. The summed E-state index contributed by atoms with van der Waals surface area (Å²) >= 11 is 0. The van der Waals surface area contributed by atoms with Gasteiger partial charge in [-0.25, -0.2) is 0 Å². The van der Waals surface area contributed by atoms with Crippen molar-refractivity contribution in [3.63, 3.8) is 0 Å². The lowest BCUT2D eigenvalue weighted by Gasteiger charge is -2.30.